The van der Waals surface area contributed by atoms with Crippen molar-refractivity contribution in [2.24, 2.45) is 0 Å². The lowest BCUT2D eigenvalue weighted by atomic mass is 9.83. The Morgan fingerprint density at radius 3 is 2.85 bits per heavy atom. The van der Waals surface area contributed by atoms with Crippen LogP contribution in [0.2, 0.25) is 0 Å². The minimum atomic E-state index is -0.686. The summed E-state index contributed by atoms with van der Waals surface area (Å²) in [6, 6.07) is 7.70. The zero-order valence-electron chi connectivity index (χ0n) is 7.51. The lowest BCUT2D eigenvalue weighted by Gasteiger charge is -2.27. The Bertz CT molecular complexity index is 355. The third-order valence-corrected chi connectivity index (χ3v) is 2.96. The molecule has 1 aromatic carbocycles. The molecule has 1 aliphatic carbocycles. The summed E-state index contributed by atoms with van der Waals surface area (Å²) < 4.78 is 0. The van der Waals surface area contributed by atoms with Gasteiger partial charge in [-0.05, 0) is 25.3 Å². The lowest BCUT2D eigenvalue weighted by Crippen LogP contribution is -2.34. The van der Waals surface area contributed by atoms with Crippen LogP contribution in [0.25, 0.3) is 0 Å². The summed E-state index contributed by atoms with van der Waals surface area (Å²) in [5, 5.41) is 0. The van der Waals surface area contributed by atoms with Gasteiger partial charge in [0.05, 0.1) is 0 Å². The van der Waals surface area contributed by atoms with Crippen molar-refractivity contribution >= 4 is 17.4 Å². The molecule has 0 amide bonds. The molecule has 0 aromatic heterocycles. The van der Waals surface area contributed by atoms with Gasteiger partial charge in [0, 0.05) is 5.56 Å². The van der Waals surface area contributed by atoms with Gasteiger partial charge in [-0.2, -0.15) is 0 Å². The van der Waals surface area contributed by atoms with E-state index >= 15 is 0 Å². The van der Waals surface area contributed by atoms with E-state index in [1.807, 2.05) is 24.3 Å². The second-order valence-electron chi connectivity index (χ2n) is 3.68. The summed E-state index contributed by atoms with van der Waals surface area (Å²) >= 11 is 6.10. The molecule has 0 aliphatic heterocycles. The fraction of sp³-hybridized carbons (Fsp3) is 0.364. The maximum Gasteiger partial charge on any atom is 0.183 e. The number of Topliss-reactive ketones (excluding diaryl/α,β-unsaturated/α-hetero) is 1. The Kier molecular flexibility index (Phi) is 1.92. The summed E-state index contributed by atoms with van der Waals surface area (Å²) in [4.78, 5) is 11.1. The zero-order chi connectivity index (χ0) is 9.47. The number of carbonyl (C=O) groups excluding carboxylic acids is 1. The Labute approximate surface area is 82.7 Å². The molecule has 68 valence electrons. The van der Waals surface area contributed by atoms with E-state index in [0.717, 1.165) is 24.0 Å². The number of hydrogen-bond acceptors (Lipinski definition) is 1. The minimum absolute atomic E-state index is 0.0658. The Hall–Kier alpha value is -0.820. The third-order valence-electron chi connectivity index (χ3n) is 2.60. The average Bonchev–Trinajstić information content (AvgIpc) is 2.13. The standard InChI is InChI=1S/C11H11ClO/c1-11(12)7-6-8-4-2-3-5-9(8)10(11)13/h2-5H,6-7H2,1H3. The molecule has 0 spiro atoms. The van der Waals surface area contributed by atoms with Gasteiger partial charge in [-0.1, -0.05) is 24.3 Å². The molecule has 0 fully saturated rings. The first-order chi connectivity index (χ1) is 6.11. The Morgan fingerprint density at radius 1 is 1.38 bits per heavy atom. The first-order valence-electron chi connectivity index (χ1n) is 4.43. The van der Waals surface area contributed by atoms with Crippen molar-refractivity contribution in [2.75, 3.05) is 0 Å². The van der Waals surface area contributed by atoms with Crippen molar-refractivity contribution in [3.05, 3.63) is 35.4 Å². The number of rotatable bonds is 0. The quantitative estimate of drug-likeness (QED) is 0.581. The molecule has 0 saturated carbocycles. The number of ketones is 1. The van der Waals surface area contributed by atoms with E-state index in [0.29, 0.717) is 0 Å². The average molecular weight is 195 g/mol. The first kappa shape index (κ1) is 8.76. The van der Waals surface area contributed by atoms with Gasteiger partial charge < -0.3 is 0 Å². The normalized spacial score (nSPS) is 27.1. The number of benzene rings is 1. The molecular weight excluding hydrogens is 184 g/mol. The van der Waals surface area contributed by atoms with Crippen LogP contribution in [-0.2, 0) is 6.42 Å². The van der Waals surface area contributed by atoms with E-state index in [-0.39, 0.29) is 5.78 Å². The van der Waals surface area contributed by atoms with Crippen LogP contribution in [0, 0.1) is 0 Å². The molecule has 2 heteroatoms. The predicted molar refractivity (Wildman–Crippen MR) is 53.4 cm³/mol. The zero-order valence-corrected chi connectivity index (χ0v) is 8.27. The van der Waals surface area contributed by atoms with Gasteiger partial charge in [-0.25, -0.2) is 0 Å². The first-order valence-corrected chi connectivity index (χ1v) is 4.81. The van der Waals surface area contributed by atoms with Gasteiger partial charge in [0.25, 0.3) is 0 Å². The molecule has 1 atom stereocenters. The topological polar surface area (TPSA) is 17.1 Å². The van der Waals surface area contributed by atoms with Crippen molar-refractivity contribution in [1.29, 1.82) is 0 Å². The summed E-state index contributed by atoms with van der Waals surface area (Å²) in [7, 11) is 0. The van der Waals surface area contributed by atoms with Crippen LogP contribution in [-0.4, -0.2) is 10.7 Å². The maximum atomic E-state index is 11.8. The van der Waals surface area contributed by atoms with Crippen molar-refractivity contribution in [2.45, 2.75) is 24.6 Å². The van der Waals surface area contributed by atoms with E-state index in [2.05, 4.69) is 0 Å². The van der Waals surface area contributed by atoms with Crippen LogP contribution in [0.5, 0.6) is 0 Å². The van der Waals surface area contributed by atoms with E-state index in [4.69, 9.17) is 11.6 Å². The second kappa shape index (κ2) is 2.85. The maximum absolute atomic E-state index is 11.8. The summed E-state index contributed by atoms with van der Waals surface area (Å²) in [6.45, 7) is 1.80. The summed E-state index contributed by atoms with van der Waals surface area (Å²) in [6.07, 6.45) is 1.65. The van der Waals surface area contributed by atoms with Gasteiger partial charge in [-0.15, -0.1) is 11.6 Å². The number of aryl methyl sites for hydroxylation is 1. The van der Waals surface area contributed by atoms with Gasteiger partial charge >= 0.3 is 0 Å². The van der Waals surface area contributed by atoms with Crippen LogP contribution < -0.4 is 0 Å². The molecule has 0 radical (unpaired) electrons. The fourth-order valence-electron chi connectivity index (χ4n) is 1.72. The number of halogens is 1. The number of fused-ring (bicyclic) bond motifs is 1. The van der Waals surface area contributed by atoms with Crippen molar-refractivity contribution in [3.63, 3.8) is 0 Å². The van der Waals surface area contributed by atoms with Crippen LogP contribution in [0.3, 0.4) is 0 Å². The van der Waals surface area contributed by atoms with Crippen LogP contribution in [0.4, 0.5) is 0 Å². The third kappa shape index (κ3) is 1.37. The van der Waals surface area contributed by atoms with Crippen LogP contribution in [0.1, 0.15) is 29.3 Å². The van der Waals surface area contributed by atoms with Gasteiger partial charge in [0.15, 0.2) is 5.78 Å². The highest BCUT2D eigenvalue weighted by Gasteiger charge is 2.35. The van der Waals surface area contributed by atoms with Crippen molar-refractivity contribution < 1.29 is 4.79 Å². The molecule has 1 nitrogen and oxygen atoms in total. The molecule has 0 heterocycles. The highest BCUT2D eigenvalue weighted by molar-refractivity contribution is 6.38. The monoisotopic (exact) mass is 194 g/mol. The fourth-order valence-corrected chi connectivity index (χ4v) is 1.92. The van der Waals surface area contributed by atoms with Gasteiger partial charge in [0.2, 0.25) is 0 Å². The molecule has 1 aromatic rings. The summed E-state index contributed by atoms with van der Waals surface area (Å²) in [5.41, 5.74) is 1.93. The van der Waals surface area contributed by atoms with Crippen molar-refractivity contribution in [1.82, 2.24) is 0 Å². The predicted octanol–water partition coefficient (Wildman–Crippen LogP) is 2.81. The van der Waals surface area contributed by atoms with E-state index in [1.165, 1.54) is 0 Å². The van der Waals surface area contributed by atoms with E-state index in [1.54, 1.807) is 6.92 Å². The largest absolute Gasteiger partial charge is 0.292 e. The minimum Gasteiger partial charge on any atom is -0.292 e. The molecule has 13 heavy (non-hydrogen) atoms. The molecular formula is C11H11ClO. The highest BCUT2D eigenvalue weighted by Crippen LogP contribution is 2.32. The molecule has 2 rings (SSSR count). The van der Waals surface area contributed by atoms with E-state index in [9.17, 15) is 4.79 Å². The van der Waals surface area contributed by atoms with Gasteiger partial charge in [0.1, 0.15) is 4.87 Å². The lowest BCUT2D eigenvalue weighted by molar-refractivity contribution is 0.0932. The number of hydrogen-bond donors (Lipinski definition) is 0. The molecule has 0 bridgehead atoms. The van der Waals surface area contributed by atoms with Gasteiger partial charge in [-0.3, -0.25) is 4.79 Å². The molecule has 1 unspecified atom stereocenters. The molecule has 1 aliphatic rings. The van der Waals surface area contributed by atoms with Crippen LogP contribution in [0.15, 0.2) is 24.3 Å². The van der Waals surface area contributed by atoms with E-state index < -0.39 is 4.87 Å². The smallest absolute Gasteiger partial charge is 0.183 e. The molecule has 0 saturated heterocycles. The number of alkyl halides is 1. The van der Waals surface area contributed by atoms with Crippen LogP contribution >= 0.6 is 11.6 Å². The Morgan fingerprint density at radius 2 is 2.08 bits per heavy atom. The number of carbonyl (C=O) groups is 1. The Balaban J connectivity index is 2.52. The molecule has 0 N–H and O–H groups in total. The highest BCUT2D eigenvalue weighted by atomic mass is 35.5. The SMILES string of the molecule is CC1(Cl)CCc2ccccc2C1=O. The van der Waals surface area contributed by atoms with Crippen molar-refractivity contribution in [3.8, 4) is 0 Å². The second-order valence-corrected chi connectivity index (χ2v) is 4.52. The summed E-state index contributed by atoms with van der Waals surface area (Å²) in [5.74, 6) is 0.0658.